The first kappa shape index (κ1) is 25.8. The van der Waals surface area contributed by atoms with Crippen molar-refractivity contribution < 1.29 is 37.7 Å². The Labute approximate surface area is 195 Å². The SMILES string of the molecule is O=C(Nc1cccnc1)c1ccc(OCC(O)c2ccc(Br)cc2)cc1.O=C(O)C(F)(F)F. The lowest BCUT2D eigenvalue weighted by Crippen LogP contribution is -2.21. The van der Waals surface area contributed by atoms with Crippen LogP contribution in [0.15, 0.2) is 77.5 Å². The number of nitrogens with one attached hydrogen (secondary N) is 1. The van der Waals surface area contributed by atoms with Crippen molar-refractivity contribution in [2.24, 2.45) is 0 Å². The van der Waals surface area contributed by atoms with E-state index in [4.69, 9.17) is 14.6 Å². The summed E-state index contributed by atoms with van der Waals surface area (Å²) in [6, 6.07) is 17.7. The fourth-order valence-electron chi connectivity index (χ4n) is 2.30. The van der Waals surface area contributed by atoms with Crippen LogP contribution in [0, 0.1) is 0 Å². The second-order valence-electron chi connectivity index (χ2n) is 6.40. The number of benzene rings is 2. The normalized spacial score (nSPS) is 11.5. The van der Waals surface area contributed by atoms with Crippen LogP contribution in [0.4, 0.5) is 18.9 Å². The number of aliphatic hydroxyl groups is 1. The number of hydrogen-bond acceptors (Lipinski definition) is 5. The molecular weight excluding hydrogens is 509 g/mol. The highest BCUT2D eigenvalue weighted by molar-refractivity contribution is 9.10. The van der Waals surface area contributed by atoms with Gasteiger partial charge in [-0.2, -0.15) is 13.2 Å². The highest BCUT2D eigenvalue weighted by atomic mass is 79.9. The topological polar surface area (TPSA) is 109 Å². The molecule has 1 unspecified atom stereocenters. The number of ether oxygens (including phenoxy) is 1. The molecule has 1 aromatic heterocycles. The van der Waals surface area contributed by atoms with Gasteiger partial charge in [0, 0.05) is 16.2 Å². The Morgan fingerprint density at radius 3 is 2.18 bits per heavy atom. The molecule has 33 heavy (non-hydrogen) atoms. The minimum atomic E-state index is -5.08. The Morgan fingerprint density at radius 1 is 1.06 bits per heavy atom. The molecule has 0 spiro atoms. The summed E-state index contributed by atoms with van der Waals surface area (Å²) < 4.78 is 38.3. The molecule has 0 bridgehead atoms. The standard InChI is InChI=1S/C20H17BrN2O3.C2HF3O2/c21-16-7-3-14(4-8-16)19(24)13-26-18-9-5-15(6-10-18)20(25)23-17-2-1-11-22-12-17;3-2(4,5)1(6)7/h1-12,19,24H,13H2,(H,23,25);(H,6,7). The Hall–Kier alpha value is -3.44. The van der Waals surface area contributed by atoms with Gasteiger partial charge in [0.05, 0.1) is 11.9 Å². The maximum Gasteiger partial charge on any atom is 0.490 e. The second-order valence-corrected chi connectivity index (χ2v) is 7.32. The number of aromatic nitrogens is 1. The number of amides is 1. The molecular formula is C22H18BrF3N2O5. The lowest BCUT2D eigenvalue weighted by atomic mass is 10.1. The predicted octanol–water partition coefficient (Wildman–Crippen LogP) is 4.84. The third kappa shape index (κ3) is 8.91. The molecule has 0 saturated carbocycles. The molecule has 174 valence electrons. The number of nitrogens with zero attached hydrogens (tertiary/aromatic N) is 1. The number of rotatable bonds is 6. The quantitative estimate of drug-likeness (QED) is 0.424. The number of carbonyl (C=O) groups is 2. The minimum Gasteiger partial charge on any atom is -0.491 e. The summed E-state index contributed by atoms with van der Waals surface area (Å²) in [4.78, 5) is 25.0. The fraction of sp³-hybridized carbons (Fsp3) is 0.136. The van der Waals surface area contributed by atoms with E-state index in [9.17, 15) is 23.1 Å². The van der Waals surface area contributed by atoms with Crippen molar-refractivity contribution in [1.82, 2.24) is 4.98 Å². The van der Waals surface area contributed by atoms with Crippen molar-refractivity contribution >= 4 is 33.5 Å². The van der Waals surface area contributed by atoms with Gasteiger partial charge in [0.15, 0.2) is 0 Å². The molecule has 0 aliphatic carbocycles. The number of carboxylic acids is 1. The molecule has 2 aromatic carbocycles. The molecule has 1 amide bonds. The largest absolute Gasteiger partial charge is 0.491 e. The average Bonchev–Trinajstić information content (AvgIpc) is 2.78. The number of pyridine rings is 1. The number of alkyl halides is 3. The van der Waals surface area contributed by atoms with E-state index >= 15 is 0 Å². The zero-order valence-electron chi connectivity index (χ0n) is 16.8. The van der Waals surface area contributed by atoms with Crippen molar-refractivity contribution in [3.8, 4) is 5.75 Å². The van der Waals surface area contributed by atoms with Crippen molar-refractivity contribution in [3.05, 3.63) is 88.7 Å². The number of carbonyl (C=O) groups excluding carboxylic acids is 1. The summed E-state index contributed by atoms with van der Waals surface area (Å²) in [5, 5.41) is 20.1. The summed E-state index contributed by atoms with van der Waals surface area (Å²) in [6.07, 6.45) is -2.58. The van der Waals surface area contributed by atoms with Crippen molar-refractivity contribution in [2.45, 2.75) is 12.3 Å². The molecule has 3 rings (SSSR count). The van der Waals surface area contributed by atoms with E-state index in [1.165, 1.54) is 0 Å². The van der Waals surface area contributed by atoms with E-state index in [1.54, 1.807) is 48.8 Å². The van der Waals surface area contributed by atoms with Crippen LogP contribution in [0.2, 0.25) is 0 Å². The minimum absolute atomic E-state index is 0.128. The highest BCUT2D eigenvalue weighted by Gasteiger charge is 2.38. The lowest BCUT2D eigenvalue weighted by Gasteiger charge is -2.13. The van der Waals surface area contributed by atoms with E-state index < -0.39 is 18.2 Å². The summed E-state index contributed by atoms with van der Waals surface area (Å²) >= 11 is 3.36. The van der Waals surface area contributed by atoms with Crippen molar-refractivity contribution in [3.63, 3.8) is 0 Å². The van der Waals surface area contributed by atoms with Crippen LogP contribution >= 0.6 is 15.9 Å². The summed E-state index contributed by atoms with van der Waals surface area (Å²) in [5.41, 5.74) is 1.92. The van der Waals surface area contributed by atoms with Crippen LogP contribution in [0.5, 0.6) is 5.75 Å². The fourth-order valence-corrected chi connectivity index (χ4v) is 2.56. The molecule has 3 aromatic rings. The summed E-state index contributed by atoms with van der Waals surface area (Å²) in [5.74, 6) is -2.40. The van der Waals surface area contributed by atoms with Crippen LogP contribution in [-0.2, 0) is 4.79 Å². The molecule has 0 fully saturated rings. The first-order chi connectivity index (χ1) is 15.6. The number of halogens is 4. The first-order valence-corrected chi connectivity index (χ1v) is 10.0. The lowest BCUT2D eigenvalue weighted by molar-refractivity contribution is -0.192. The van der Waals surface area contributed by atoms with Gasteiger partial charge >= 0.3 is 12.1 Å². The third-order valence-corrected chi connectivity index (χ3v) is 4.47. The molecule has 3 N–H and O–H groups in total. The Morgan fingerprint density at radius 2 is 1.67 bits per heavy atom. The van der Waals surface area contributed by atoms with Gasteiger partial charge < -0.3 is 20.3 Å². The van der Waals surface area contributed by atoms with Crippen LogP contribution in [0.25, 0.3) is 0 Å². The molecule has 1 atom stereocenters. The maximum absolute atomic E-state index is 12.2. The molecule has 0 radical (unpaired) electrons. The number of aliphatic hydroxyl groups excluding tert-OH is 1. The summed E-state index contributed by atoms with van der Waals surface area (Å²) in [7, 11) is 0. The Balaban J connectivity index is 0.000000479. The van der Waals surface area contributed by atoms with Gasteiger partial charge in [-0.15, -0.1) is 0 Å². The Bertz CT molecular complexity index is 1050. The number of anilines is 1. The van der Waals surface area contributed by atoms with Crippen LogP contribution in [-0.4, -0.2) is 39.9 Å². The van der Waals surface area contributed by atoms with E-state index in [1.807, 2.05) is 24.3 Å². The number of carboxylic acid groups (broad SMARTS) is 1. The average molecular weight is 527 g/mol. The van der Waals surface area contributed by atoms with Crippen LogP contribution < -0.4 is 10.1 Å². The van der Waals surface area contributed by atoms with Gasteiger partial charge in [-0.05, 0) is 54.1 Å². The van der Waals surface area contributed by atoms with Gasteiger partial charge in [-0.1, -0.05) is 28.1 Å². The molecule has 0 aliphatic rings. The molecule has 0 aliphatic heterocycles. The number of hydrogen-bond donors (Lipinski definition) is 3. The van der Waals surface area contributed by atoms with Gasteiger partial charge in [0.25, 0.3) is 5.91 Å². The van der Waals surface area contributed by atoms with E-state index in [-0.39, 0.29) is 12.5 Å². The molecule has 0 saturated heterocycles. The van der Waals surface area contributed by atoms with Crippen molar-refractivity contribution in [2.75, 3.05) is 11.9 Å². The van der Waals surface area contributed by atoms with Crippen molar-refractivity contribution in [1.29, 1.82) is 0 Å². The third-order valence-electron chi connectivity index (χ3n) is 3.94. The second kappa shape index (κ2) is 12.0. The molecule has 11 heteroatoms. The molecule has 1 heterocycles. The van der Waals surface area contributed by atoms with Gasteiger partial charge in [-0.3, -0.25) is 9.78 Å². The zero-order chi connectivity index (χ0) is 24.4. The van der Waals surface area contributed by atoms with Gasteiger partial charge in [-0.25, -0.2) is 4.79 Å². The van der Waals surface area contributed by atoms with E-state index in [0.29, 0.717) is 17.0 Å². The van der Waals surface area contributed by atoms with Gasteiger partial charge in [0.1, 0.15) is 18.5 Å². The van der Waals surface area contributed by atoms with E-state index in [0.717, 1.165) is 10.0 Å². The van der Waals surface area contributed by atoms with Crippen LogP contribution in [0.3, 0.4) is 0 Å². The predicted molar refractivity (Wildman–Crippen MR) is 117 cm³/mol. The highest BCUT2D eigenvalue weighted by Crippen LogP contribution is 2.19. The monoisotopic (exact) mass is 526 g/mol. The zero-order valence-corrected chi connectivity index (χ0v) is 18.4. The Kier molecular flexibility index (Phi) is 9.37. The summed E-state index contributed by atoms with van der Waals surface area (Å²) in [6.45, 7) is 0.128. The number of aliphatic carboxylic acids is 1. The molecule has 7 nitrogen and oxygen atoms in total. The van der Waals surface area contributed by atoms with Gasteiger partial charge in [0.2, 0.25) is 0 Å². The smallest absolute Gasteiger partial charge is 0.490 e. The van der Waals surface area contributed by atoms with E-state index in [2.05, 4.69) is 26.2 Å². The first-order valence-electron chi connectivity index (χ1n) is 9.24. The maximum atomic E-state index is 12.2. The van der Waals surface area contributed by atoms with Crippen LogP contribution in [0.1, 0.15) is 22.0 Å².